The van der Waals surface area contributed by atoms with Gasteiger partial charge < -0.3 is 9.64 Å². The number of benzene rings is 1. The van der Waals surface area contributed by atoms with Crippen molar-refractivity contribution in [3.05, 3.63) is 43.9 Å². The smallest absolute Gasteiger partial charge is 0.281 e. The Balaban J connectivity index is 1.85. The lowest BCUT2D eigenvalue weighted by molar-refractivity contribution is -0.486. The lowest BCUT2D eigenvalue weighted by Crippen LogP contribution is -2.40. The van der Waals surface area contributed by atoms with Crippen LogP contribution in [0.1, 0.15) is 23.7 Å². The molecule has 2 aliphatic heterocycles. The molecule has 26 heavy (non-hydrogen) atoms. The molecule has 0 aliphatic carbocycles. The first-order valence-corrected chi connectivity index (χ1v) is 8.98. The maximum atomic E-state index is 12.9. The molecule has 2 fully saturated rings. The van der Waals surface area contributed by atoms with Crippen LogP contribution in [0.15, 0.2) is 23.3 Å². The molecule has 1 aromatic rings. The first-order valence-electron chi connectivity index (χ1n) is 8.22. The SMILES string of the molecule is CC1CC(CN2CCN(C(=O)c3c(Cl)cccc3Cl)C2=N[N+](=O)[O-])CO1. The predicted molar refractivity (Wildman–Crippen MR) is 97.0 cm³/mol. The second kappa shape index (κ2) is 7.77. The fourth-order valence-electron chi connectivity index (χ4n) is 3.33. The van der Waals surface area contributed by atoms with Crippen LogP contribution >= 0.6 is 23.2 Å². The van der Waals surface area contributed by atoms with Gasteiger partial charge in [0.1, 0.15) is 5.10 Å². The molecule has 2 unspecified atom stereocenters. The lowest BCUT2D eigenvalue weighted by atomic mass is 10.1. The monoisotopic (exact) mass is 400 g/mol. The minimum Gasteiger partial charge on any atom is -0.378 e. The van der Waals surface area contributed by atoms with Gasteiger partial charge in [-0.15, -0.1) is 0 Å². The van der Waals surface area contributed by atoms with Crippen molar-refractivity contribution in [1.82, 2.24) is 9.80 Å². The lowest BCUT2D eigenvalue weighted by Gasteiger charge is -2.22. The van der Waals surface area contributed by atoms with E-state index in [2.05, 4.69) is 5.10 Å². The van der Waals surface area contributed by atoms with Crippen LogP contribution in [0.25, 0.3) is 0 Å². The van der Waals surface area contributed by atoms with E-state index in [1.807, 2.05) is 6.92 Å². The summed E-state index contributed by atoms with van der Waals surface area (Å²) in [6.45, 7) is 3.84. The minimum atomic E-state index is -0.796. The number of ether oxygens (including phenoxy) is 1. The highest BCUT2D eigenvalue weighted by molar-refractivity contribution is 6.40. The summed E-state index contributed by atoms with van der Waals surface area (Å²) in [6, 6.07) is 4.73. The summed E-state index contributed by atoms with van der Waals surface area (Å²) in [5.74, 6) is -0.254. The zero-order valence-electron chi connectivity index (χ0n) is 14.1. The van der Waals surface area contributed by atoms with E-state index in [9.17, 15) is 14.9 Å². The van der Waals surface area contributed by atoms with Gasteiger partial charge in [-0.05, 0) is 25.5 Å². The van der Waals surface area contributed by atoms with E-state index in [4.69, 9.17) is 27.9 Å². The summed E-state index contributed by atoms with van der Waals surface area (Å²) in [5.41, 5.74) is 0.117. The van der Waals surface area contributed by atoms with E-state index in [0.29, 0.717) is 19.7 Å². The summed E-state index contributed by atoms with van der Waals surface area (Å²) in [6.07, 6.45) is 1.03. The first kappa shape index (κ1) is 18.9. The molecule has 2 saturated heterocycles. The van der Waals surface area contributed by atoms with Crippen molar-refractivity contribution in [2.75, 3.05) is 26.2 Å². The van der Waals surface area contributed by atoms with Gasteiger partial charge in [0.25, 0.3) is 11.9 Å². The molecule has 1 amide bonds. The molecule has 0 N–H and O–H groups in total. The quantitative estimate of drug-likeness (QED) is 0.572. The predicted octanol–water partition coefficient (Wildman–Crippen LogP) is 2.72. The molecule has 2 atom stereocenters. The summed E-state index contributed by atoms with van der Waals surface area (Å²) < 4.78 is 5.55. The van der Waals surface area contributed by atoms with E-state index >= 15 is 0 Å². The van der Waals surface area contributed by atoms with Crippen LogP contribution in [-0.4, -0.2) is 59.0 Å². The fraction of sp³-hybridized carbons (Fsp3) is 0.500. The van der Waals surface area contributed by atoms with Crippen LogP contribution in [0.4, 0.5) is 0 Å². The number of nitro groups is 1. The van der Waals surface area contributed by atoms with E-state index in [1.54, 1.807) is 23.1 Å². The fourth-order valence-corrected chi connectivity index (χ4v) is 3.89. The number of carbonyl (C=O) groups excluding carboxylic acids is 1. The third-order valence-electron chi connectivity index (χ3n) is 4.47. The molecule has 8 nitrogen and oxygen atoms in total. The number of amides is 1. The van der Waals surface area contributed by atoms with Crippen LogP contribution in [0.5, 0.6) is 0 Å². The molecular formula is C16H18Cl2N4O4. The largest absolute Gasteiger partial charge is 0.378 e. The molecule has 0 bridgehead atoms. The third-order valence-corrected chi connectivity index (χ3v) is 5.10. The number of carbonyl (C=O) groups is 1. The number of halogens is 2. The van der Waals surface area contributed by atoms with Crippen molar-refractivity contribution in [1.29, 1.82) is 0 Å². The van der Waals surface area contributed by atoms with E-state index in [-0.39, 0.29) is 40.1 Å². The number of hydrazone groups is 1. The van der Waals surface area contributed by atoms with Crippen LogP contribution in [-0.2, 0) is 4.74 Å². The van der Waals surface area contributed by atoms with E-state index < -0.39 is 10.9 Å². The number of nitrogens with zero attached hydrogens (tertiary/aromatic N) is 4. The van der Waals surface area contributed by atoms with Crippen LogP contribution in [0, 0.1) is 16.0 Å². The Labute approximate surface area is 160 Å². The van der Waals surface area contributed by atoms with Crippen molar-refractivity contribution in [2.45, 2.75) is 19.4 Å². The second-order valence-electron chi connectivity index (χ2n) is 6.38. The Hall–Kier alpha value is -1.90. The van der Waals surface area contributed by atoms with Crippen LogP contribution in [0.3, 0.4) is 0 Å². The number of guanidine groups is 1. The van der Waals surface area contributed by atoms with Gasteiger partial charge in [-0.1, -0.05) is 29.3 Å². The molecule has 1 aromatic carbocycles. The Bertz CT molecular complexity index is 738. The van der Waals surface area contributed by atoms with Gasteiger partial charge in [-0.3, -0.25) is 9.69 Å². The van der Waals surface area contributed by atoms with Crippen molar-refractivity contribution >= 4 is 35.1 Å². The molecule has 0 aromatic heterocycles. The van der Waals surface area contributed by atoms with Crippen molar-refractivity contribution in [2.24, 2.45) is 11.0 Å². The molecule has 0 spiro atoms. The summed E-state index contributed by atoms with van der Waals surface area (Å²) in [7, 11) is 0. The number of rotatable bonds is 4. The summed E-state index contributed by atoms with van der Waals surface area (Å²) in [5, 5.41) is 14.0. The van der Waals surface area contributed by atoms with Crippen molar-refractivity contribution in [3.8, 4) is 0 Å². The summed E-state index contributed by atoms with van der Waals surface area (Å²) >= 11 is 12.2. The highest BCUT2D eigenvalue weighted by Crippen LogP contribution is 2.28. The maximum absolute atomic E-state index is 12.9. The average Bonchev–Trinajstić information content (AvgIpc) is 3.14. The molecule has 3 rings (SSSR count). The summed E-state index contributed by atoms with van der Waals surface area (Å²) in [4.78, 5) is 26.9. The highest BCUT2D eigenvalue weighted by Gasteiger charge is 2.38. The zero-order valence-corrected chi connectivity index (χ0v) is 15.6. The average molecular weight is 401 g/mol. The Morgan fingerprint density at radius 1 is 1.38 bits per heavy atom. The normalized spacial score (nSPS) is 24.5. The Morgan fingerprint density at radius 3 is 2.65 bits per heavy atom. The van der Waals surface area contributed by atoms with Crippen molar-refractivity contribution < 1.29 is 14.6 Å². The number of hydrogen-bond donors (Lipinski definition) is 0. The van der Waals surface area contributed by atoms with Crippen LogP contribution in [0.2, 0.25) is 10.0 Å². The highest BCUT2D eigenvalue weighted by atomic mass is 35.5. The third kappa shape index (κ3) is 3.92. The number of hydrogen-bond acceptors (Lipinski definition) is 4. The first-order chi connectivity index (χ1) is 12.4. The Kier molecular flexibility index (Phi) is 5.64. The van der Waals surface area contributed by atoms with Gasteiger partial charge in [-0.25, -0.2) is 10.1 Å². The maximum Gasteiger partial charge on any atom is 0.281 e. The molecular weight excluding hydrogens is 383 g/mol. The topological polar surface area (TPSA) is 88.3 Å². The second-order valence-corrected chi connectivity index (χ2v) is 7.20. The van der Waals surface area contributed by atoms with E-state index in [0.717, 1.165) is 6.42 Å². The standard InChI is InChI=1S/C16H18Cl2N4O4/c1-10-7-11(9-26-10)8-20-5-6-21(16(20)19-22(24)25)15(23)14-12(17)3-2-4-13(14)18/h2-4,10-11H,5-9H2,1H3. The van der Waals surface area contributed by atoms with Gasteiger partial charge in [0.05, 0.1) is 28.3 Å². The molecule has 10 heteroatoms. The molecule has 2 aliphatic rings. The Morgan fingerprint density at radius 2 is 2.08 bits per heavy atom. The molecule has 0 radical (unpaired) electrons. The molecule has 2 heterocycles. The van der Waals surface area contributed by atoms with Crippen molar-refractivity contribution in [3.63, 3.8) is 0 Å². The van der Waals surface area contributed by atoms with Gasteiger partial charge >= 0.3 is 0 Å². The van der Waals surface area contributed by atoms with Gasteiger partial charge in [0.2, 0.25) is 0 Å². The molecule has 140 valence electrons. The zero-order chi connectivity index (χ0) is 18.8. The van der Waals surface area contributed by atoms with Gasteiger partial charge in [0.15, 0.2) is 5.03 Å². The van der Waals surface area contributed by atoms with E-state index in [1.165, 1.54) is 4.90 Å². The van der Waals surface area contributed by atoms with Gasteiger partial charge in [0, 0.05) is 25.6 Å². The minimum absolute atomic E-state index is 0.00976. The molecule has 0 saturated carbocycles. The van der Waals surface area contributed by atoms with Crippen LogP contribution < -0.4 is 0 Å². The van der Waals surface area contributed by atoms with Gasteiger partial charge in [-0.2, -0.15) is 0 Å².